The number of para-hydroxylation sites is 1. The molecule has 0 radical (unpaired) electrons. The van der Waals surface area contributed by atoms with Crippen molar-refractivity contribution in [1.29, 1.82) is 0 Å². The van der Waals surface area contributed by atoms with E-state index < -0.39 is 5.97 Å². The minimum Gasteiger partial charge on any atom is -0.493 e. The number of piperidine rings is 1. The lowest BCUT2D eigenvalue weighted by Crippen LogP contribution is -2.28. The van der Waals surface area contributed by atoms with Crippen LogP contribution in [0.1, 0.15) is 29.6 Å². The minimum atomic E-state index is -0.938. The lowest BCUT2D eigenvalue weighted by Gasteiger charge is -2.22. The summed E-state index contributed by atoms with van der Waals surface area (Å²) in [5, 5.41) is 12.4. The molecule has 0 aliphatic carbocycles. The van der Waals surface area contributed by atoms with E-state index in [9.17, 15) is 4.79 Å². The number of rotatable bonds is 5. The first-order chi connectivity index (χ1) is 8.77. The zero-order chi connectivity index (χ0) is 12.8. The zero-order valence-electron chi connectivity index (χ0n) is 10.4. The third kappa shape index (κ3) is 3.47. The Labute approximate surface area is 107 Å². The zero-order valence-corrected chi connectivity index (χ0v) is 10.4. The van der Waals surface area contributed by atoms with E-state index in [0.717, 1.165) is 19.5 Å². The van der Waals surface area contributed by atoms with Crippen molar-refractivity contribution in [3.05, 3.63) is 29.8 Å². The molecule has 0 atom stereocenters. The predicted octanol–water partition coefficient (Wildman–Crippen LogP) is 2.15. The van der Waals surface area contributed by atoms with Gasteiger partial charge in [0.05, 0.1) is 6.61 Å². The van der Waals surface area contributed by atoms with E-state index in [-0.39, 0.29) is 5.56 Å². The van der Waals surface area contributed by atoms with E-state index in [1.807, 2.05) is 0 Å². The number of aromatic carboxylic acids is 1. The highest BCUT2D eigenvalue weighted by molar-refractivity contribution is 5.90. The number of carbonyl (C=O) groups is 1. The molecule has 98 valence electrons. The van der Waals surface area contributed by atoms with Gasteiger partial charge in [0.2, 0.25) is 0 Å². The van der Waals surface area contributed by atoms with Gasteiger partial charge in [0.1, 0.15) is 11.3 Å². The van der Waals surface area contributed by atoms with Crippen LogP contribution < -0.4 is 10.1 Å². The summed E-state index contributed by atoms with van der Waals surface area (Å²) < 4.78 is 5.60. The van der Waals surface area contributed by atoms with E-state index in [4.69, 9.17) is 9.84 Å². The van der Waals surface area contributed by atoms with Crippen LogP contribution in [0.2, 0.25) is 0 Å². The number of nitrogens with one attached hydrogen (secondary N) is 1. The Morgan fingerprint density at radius 1 is 1.33 bits per heavy atom. The largest absolute Gasteiger partial charge is 0.493 e. The quantitative estimate of drug-likeness (QED) is 0.839. The van der Waals surface area contributed by atoms with Crippen LogP contribution in [-0.4, -0.2) is 30.8 Å². The third-order valence-electron chi connectivity index (χ3n) is 3.36. The lowest BCUT2D eigenvalue weighted by molar-refractivity contribution is 0.0692. The van der Waals surface area contributed by atoms with Crippen molar-refractivity contribution in [3.63, 3.8) is 0 Å². The molecular weight excluding hydrogens is 230 g/mol. The van der Waals surface area contributed by atoms with Gasteiger partial charge in [0, 0.05) is 0 Å². The fourth-order valence-electron chi connectivity index (χ4n) is 2.28. The van der Waals surface area contributed by atoms with E-state index >= 15 is 0 Å². The molecule has 2 N–H and O–H groups in total. The number of hydrogen-bond acceptors (Lipinski definition) is 3. The molecule has 4 heteroatoms. The molecule has 0 aromatic heterocycles. The molecule has 1 aromatic carbocycles. The van der Waals surface area contributed by atoms with Gasteiger partial charge in [-0.15, -0.1) is 0 Å². The average molecular weight is 249 g/mol. The highest BCUT2D eigenvalue weighted by Crippen LogP contribution is 2.20. The Morgan fingerprint density at radius 3 is 2.78 bits per heavy atom. The van der Waals surface area contributed by atoms with Crippen molar-refractivity contribution in [2.75, 3.05) is 19.7 Å². The maximum absolute atomic E-state index is 11.0. The molecule has 1 aromatic rings. The predicted molar refractivity (Wildman–Crippen MR) is 69.1 cm³/mol. The van der Waals surface area contributed by atoms with Crippen LogP contribution in [-0.2, 0) is 0 Å². The summed E-state index contributed by atoms with van der Waals surface area (Å²) in [5.41, 5.74) is 0.239. The molecule has 1 heterocycles. The van der Waals surface area contributed by atoms with E-state index in [1.54, 1.807) is 24.3 Å². The molecule has 4 nitrogen and oxygen atoms in total. The molecular formula is C14H19NO3. The SMILES string of the molecule is O=C(O)c1ccccc1OCCC1CCNCC1. The summed E-state index contributed by atoms with van der Waals surface area (Å²) in [6, 6.07) is 6.80. The molecule has 1 saturated heterocycles. The fourth-order valence-corrected chi connectivity index (χ4v) is 2.28. The van der Waals surface area contributed by atoms with Crippen LogP contribution in [0.5, 0.6) is 5.75 Å². The van der Waals surface area contributed by atoms with Crippen molar-refractivity contribution in [1.82, 2.24) is 5.32 Å². The van der Waals surface area contributed by atoms with Crippen LogP contribution in [0, 0.1) is 5.92 Å². The van der Waals surface area contributed by atoms with Crippen molar-refractivity contribution in [2.45, 2.75) is 19.3 Å². The Kier molecular flexibility index (Phi) is 4.59. The summed E-state index contributed by atoms with van der Waals surface area (Å²) in [6.07, 6.45) is 3.36. The number of benzene rings is 1. The van der Waals surface area contributed by atoms with Crippen LogP contribution in [0.25, 0.3) is 0 Å². The summed E-state index contributed by atoms with van der Waals surface area (Å²) in [4.78, 5) is 11.0. The molecule has 1 fully saturated rings. The van der Waals surface area contributed by atoms with E-state index in [1.165, 1.54) is 12.8 Å². The van der Waals surface area contributed by atoms with Crippen LogP contribution in [0.4, 0.5) is 0 Å². The van der Waals surface area contributed by atoms with Gasteiger partial charge in [0.15, 0.2) is 0 Å². The topological polar surface area (TPSA) is 58.6 Å². The van der Waals surface area contributed by atoms with Crippen molar-refractivity contribution in [2.24, 2.45) is 5.92 Å². The van der Waals surface area contributed by atoms with Crippen LogP contribution in [0.15, 0.2) is 24.3 Å². The Morgan fingerprint density at radius 2 is 2.06 bits per heavy atom. The van der Waals surface area contributed by atoms with Crippen LogP contribution >= 0.6 is 0 Å². The first-order valence-electron chi connectivity index (χ1n) is 6.43. The second kappa shape index (κ2) is 6.40. The van der Waals surface area contributed by atoms with Gasteiger partial charge >= 0.3 is 5.97 Å². The lowest BCUT2D eigenvalue weighted by atomic mass is 9.95. The van der Waals surface area contributed by atoms with Crippen molar-refractivity contribution in [3.8, 4) is 5.75 Å². The summed E-state index contributed by atoms with van der Waals surface area (Å²) in [6.45, 7) is 2.75. The van der Waals surface area contributed by atoms with Gasteiger partial charge in [-0.05, 0) is 50.4 Å². The molecule has 1 aliphatic rings. The summed E-state index contributed by atoms with van der Waals surface area (Å²) in [7, 11) is 0. The molecule has 0 unspecified atom stereocenters. The Balaban J connectivity index is 1.84. The Hall–Kier alpha value is -1.55. The second-order valence-corrected chi connectivity index (χ2v) is 4.63. The van der Waals surface area contributed by atoms with Crippen molar-refractivity contribution >= 4 is 5.97 Å². The number of ether oxygens (including phenoxy) is 1. The highest BCUT2D eigenvalue weighted by atomic mass is 16.5. The maximum atomic E-state index is 11.0. The van der Waals surface area contributed by atoms with Gasteiger partial charge < -0.3 is 15.2 Å². The second-order valence-electron chi connectivity index (χ2n) is 4.63. The van der Waals surface area contributed by atoms with Gasteiger partial charge in [-0.3, -0.25) is 0 Å². The van der Waals surface area contributed by atoms with E-state index in [0.29, 0.717) is 18.3 Å². The molecule has 2 rings (SSSR count). The fraction of sp³-hybridized carbons (Fsp3) is 0.500. The molecule has 18 heavy (non-hydrogen) atoms. The average Bonchev–Trinajstić information content (AvgIpc) is 2.40. The third-order valence-corrected chi connectivity index (χ3v) is 3.36. The van der Waals surface area contributed by atoms with Gasteiger partial charge in [-0.2, -0.15) is 0 Å². The monoisotopic (exact) mass is 249 g/mol. The molecule has 0 amide bonds. The Bertz CT molecular complexity index is 400. The number of carboxylic acid groups (broad SMARTS) is 1. The first-order valence-corrected chi connectivity index (χ1v) is 6.43. The molecule has 1 aliphatic heterocycles. The normalized spacial score (nSPS) is 16.4. The molecule has 0 saturated carbocycles. The van der Waals surface area contributed by atoms with Gasteiger partial charge in [0.25, 0.3) is 0 Å². The maximum Gasteiger partial charge on any atom is 0.339 e. The standard InChI is InChI=1S/C14H19NO3/c16-14(17)12-3-1-2-4-13(12)18-10-7-11-5-8-15-9-6-11/h1-4,11,15H,5-10H2,(H,16,17). The first kappa shape index (κ1) is 12.9. The molecule has 0 bridgehead atoms. The number of carboxylic acids is 1. The van der Waals surface area contributed by atoms with Gasteiger partial charge in [-0.25, -0.2) is 4.79 Å². The highest BCUT2D eigenvalue weighted by Gasteiger charge is 2.14. The summed E-state index contributed by atoms with van der Waals surface area (Å²) >= 11 is 0. The molecule has 0 spiro atoms. The van der Waals surface area contributed by atoms with Crippen molar-refractivity contribution < 1.29 is 14.6 Å². The minimum absolute atomic E-state index is 0.239. The van der Waals surface area contributed by atoms with E-state index in [2.05, 4.69) is 5.32 Å². The smallest absolute Gasteiger partial charge is 0.339 e. The van der Waals surface area contributed by atoms with Gasteiger partial charge in [-0.1, -0.05) is 12.1 Å². The number of hydrogen-bond donors (Lipinski definition) is 2. The van der Waals surface area contributed by atoms with Crippen LogP contribution in [0.3, 0.4) is 0 Å². The summed E-state index contributed by atoms with van der Waals surface area (Å²) in [5.74, 6) is 0.231.